The van der Waals surface area contributed by atoms with Crippen LogP contribution < -0.4 is 10.6 Å². The molecule has 1 aromatic carbocycles. The number of aryl methyl sites for hydroxylation is 1. The number of carbonyl (C=O) groups excluding carboxylic acids is 1. The second-order valence-corrected chi connectivity index (χ2v) is 8.55. The van der Waals surface area contributed by atoms with Gasteiger partial charge < -0.3 is 5.73 Å². The summed E-state index contributed by atoms with van der Waals surface area (Å²) in [6, 6.07) is 7.69. The Morgan fingerprint density at radius 3 is 2.71 bits per heavy atom. The summed E-state index contributed by atoms with van der Waals surface area (Å²) in [7, 11) is 1.78. The zero-order valence-electron chi connectivity index (χ0n) is 16.5. The van der Waals surface area contributed by atoms with Gasteiger partial charge in [-0.2, -0.15) is 23.4 Å². The largest absolute Gasteiger partial charge is 0.425 e. The molecule has 4 heterocycles. The molecule has 7 nitrogen and oxygen atoms in total. The SMILES string of the molecule is C[C@H]1CN(c2ccc(C(F)(F)F)s2)C(=O)c2c(-c3ccc4c(N)nn(C)c4c3)cnn21. The van der Waals surface area contributed by atoms with Crippen LogP contribution in [-0.4, -0.2) is 32.0 Å². The van der Waals surface area contributed by atoms with Crippen molar-refractivity contribution in [3.8, 4) is 11.1 Å². The van der Waals surface area contributed by atoms with Gasteiger partial charge in [-0.25, -0.2) is 0 Å². The van der Waals surface area contributed by atoms with Gasteiger partial charge in [0.2, 0.25) is 0 Å². The van der Waals surface area contributed by atoms with Crippen molar-refractivity contribution in [1.29, 1.82) is 0 Å². The molecule has 1 aliphatic rings. The van der Waals surface area contributed by atoms with E-state index in [1.54, 1.807) is 22.6 Å². The number of aromatic nitrogens is 4. The number of rotatable bonds is 2. The molecule has 1 atom stereocenters. The number of halogens is 3. The molecule has 0 bridgehead atoms. The number of thiophene rings is 1. The number of alkyl halides is 3. The molecule has 1 aliphatic heterocycles. The first-order valence-electron chi connectivity index (χ1n) is 9.44. The van der Waals surface area contributed by atoms with Crippen molar-refractivity contribution in [2.75, 3.05) is 17.2 Å². The predicted octanol–water partition coefficient (Wildman–Crippen LogP) is 4.32. The van der Waals surface area contributed by atoms with Gasteiger partial charge in [0, 0.05) is 24.5 Å². The average molecular weight is 446 g/mol. The van der Waals surface area contributed by atoms with E-state index in [1.165, 1.54) is 11.0 Å². The summed E-state index contributed by atoms with van der Waals surface area (Å²) < 4.78 is 42.5. The number of hydrogen-bond donors (Lipinski definition) is 1. The van der Waals surface area contributed by atoms with Crippen molar-refractivity contribution in [1.82, 2.24) is 19.6 Å². The van der Waals surface area contributed by atoms with E-state index in [1.807, 2.05) is 25.1 Å². The highest BCUT2D eigenvalue weighted by atomic mass is 32.1. The third-order valence-electron chi connectivity index (χ3n) is 5.44. The number of amides is 1. The zero-order chi connectivity index (χ0) is 22.1. The number of nitrogens with two attached hydrogens (primary N) is 1. The zero-order valence-corrected chi connectivity index (χ0v) is 17.3. The van der Waals surface area contributed by atoms with E-state index in [4.69, 9.17) is 5.73 Å². The summed E-state index contributed by atoms with van der Waals surface area (Å²) in [5, 5.41) is 9.66. The van der Waals surface area contributed by atoms with E-state index in [-0.39, 0.29) is 23.5 Å². The van der Waals surface area contributed by atoms with Crippen molar-refractivity contribution in [2.45, 2.75) is 19.1 Å². The lowest BCUT2D eigenvalue weighted by Crippen LogP contribution is -2.42. The molecule has 11 heteroatoms. The quantitative estimate of drug-likeness (QED) is 0.497. The van der Waals surface area contributed by atoms with Gasteiger partial charge in [-0.3, -0.25) is 19.1 Å². The van der Waals surface area contributed by atoms with Crippen LogP contribution in [0.4, 0.5) is 24.0 Å². The number of benzene rings is 1. The van der Waals surface area contributed by atoms with Crippen LogP contribution in [0.25, 0.3) is 22.0 Å². The topological polar surface area (TPSA) is 82.0 Å². The van der Waals surface area contributed by atoms with Crippen LogP contribution in [-0.2, 0) is 13.2 Å². The van der Waals surface area contributed by atoms with Crippen molar-refractivity contribution >= 4 is 39.0 Å². The third kappa shape index (κ3) is 2.99. The summed E-state index contributed by atoms with van der Waals surface area (Å²) in [6.45, 7) is 2.12. The minimum Gasteiger partial charge on any atom is -0.382 e. The fourth-order valence-corrected chi connectivity index (χ4v) is 4.82. The molecule has 0 saturated carbocycles. The van der Waals surface area contributed by atoms with Crippen LogP contribution in [0.2, 0.25) is 0 Å². The van der Waals surface area contributed by atoms with E-state index >= 15 is 0 Å². The van der Waals surface area contributed by atoms with Gasteiger partial charge in [0.25, 0.3) is 5.91 Å². The first kappa shape index (κ1) is 19.6. The summed E-state index contributed by atoms with van der Waals surface area (Å²) in [5.74, 6) is 0.0286. The molecule has 0 radical (unpaired) electrons. The molecule has 3 aromatic heterocycles. The first-order valence-corrected chi connectivity index (χ1v) is 10.3. The van der Waals surface area contributed by atoms with E-state index in [0.717, 1.165) is 22.5 Å². The molecule has 160 valence electrons. The summed E-state index contributed by atoms with van der Waals surface area (Å²) >= 11 is 0.563. The molecule has 0 unspecified atom stereocenters. The summed E-state index contributed by atoms with van der Waals surface area (Å²) in [5.41, 5.74) is 8.43. The number of nitrogens with zero attached hydrogens (tertiary/aromatic N) is 5. The highest BCUT2D eigenvalue weighted by molar-refractivity contribution is 7.16. The van der Waals surface area contributed by atoms with E-state index in [9.17, 15) is 18.0 Å². The van der Waals surface area contributed by atoms with Gasteiger partial charge in [0.05, 0.1) is 22.8 Å². The maximum absolute atomic E-state index is 13.4. The highest BCUT2D eigenvalue weighted by Gasteiger charge is 2.37. The molecule has 2 N–H and O–H groups in total. The molecule has 0 saturated heterocycles. The molecular formula is C20H17F3N6OS. The molecule has 5 rings (SSSR count). The fourth-order valence-electron chi connectivity index (χ4n) is 3.94. The number of fused-ring (bicyclic) bond motifs is 2. The molecule has 31 heavy (non-hydrogen) atoms. The first-order chi connectivity index (χ1) is 14.6. The van der Waals surface area contributed by atoms with E-state index in [0.29, 0.717) is 28.4 Å². The number of anilines is 2. The molecule has 0 fully saturated rings. The van der Waals surface area contributed by atoms with E-state index in [2.05, 4.69) is 10.2 Å². The number of nitrogen functional groups attached to an aromatic ring is 1. The van der Waals surface area contributed by atoms with Crippen LogP contribution >= 0.6 is 11.3 Å². The van der Waals surface area contributed by atoms with Crippen molar-refractivity contribution in [2.24, 2.45) is 7.05 Å². The van der Waals surface area contributed by atoms with Gasteiger partial charge in [-0.15, -0.1) is 11.3 Å². The van der Waals surface area contributed by atoms with Crippen LogP contribution in [0.3, 0.4) is 0 Å². The molecule has 0 spiro atoms. The van der Waals surface area contributed by atoms with Gasteiger partial charge in [0.15, 0.2) is 5.82 Å². The van der Waals surface area contributed by atoms with Crippen molar-refractivity contribution in [3.05, 3.63) is 47.1 Å². The Balaban J connectivity index is 1.59. The Bertz CT molecular complexity index is 1330. The predicted molar refractivity (Wildman–Crippen MR) is 112 cm³/mol. The lowest BCUT2D eigenvalue weighted by Gasteiger charge is -2.31. The Hall–Kier alpha value is -3.34. The summed E-state index contributed by atoms with van der Waals surface area (Å²) in [6.07, 6.45) is -2.83. The van der Waals surface area contributed by atoms with Gasteiger partial charge in [-0.1, -0.05) is 6.07 Å². The Morgan fingerprint density at radius 1 is 1.23 bits per heavy atom. The lowest BCUT2D eigenvalue weighted by molar-refractivity contribution is -0.134. The second-order valence-electron chi connectivity index (χ2n) is 7.49. The maximum atomic E-state index is 13.4. The van der Waals surface area contributed by atoms with E-state index < -0.39 is 11.1 Å². The normalized spacial score (nSPS) is 16.9. The van der Waals surface area contributed by atoms with Crippen LogP contribution in [0.1, 0.15) is 28.3 Å². The maximum Gasteiger partial charge on any atom is 0.425 e. The highest BCUT2D eigenvalue weighted by Crippen LogP contribution is 2.41. The average Bonchev–Trinajstić information content (AvgIpc) is 3.42. The number of carbonyl (C=O) groups is 1. The van der Waals surface area contributed by atoms with Gasteiger partial charge in [0.1, 0.15) is 10.6 Å². The Kier molecular flexibility index (Phi) is 4.16. The van der Waals surface area contributed by atoms with Crippen LogP contribution in [0.15, 0.2) is 36.5 Å². The van der Waals surface area contributed by atoms with Gasteiger partial charge >= 0.3 is 6.18 Å². The Labute approximate surface area is 178 Å². The molecule has 0 aliphatic carbocycles. The van der Waals surface area contributed by atoms with Crippen molar-refractivity contribution < 1.29 is 18.0 Å². The second kappa shape index (κ2) is 6.58. The third-order valence-corrected chi connectivity index (χ3v) is 6.59. The minimum absolute atomic E-state index is 0.200. The fraction of sp³-hybridized carbons (Fsp3) is 0.250. The van der Waals surface area contributed by atoms with Crippen molar-refractivity contribution in [3.63, 3.8) is 0 Å². The Morgan fingerprint density at radius 2 is 2.00 bits per heavy atom. The molecule has 1 amide bonds. The van der Waals surface area contributed by atoms with Crippen LogP contribution in [0.5, 0.6) is 0 Å². The monoisotopic (exact) mass is 446 g/mol. The summed E-state index contributed by atoms with van der Waals surface area (Å²) in [4.78, 5) is 14.0. The molecular weight excluding hydrogens is 429 g/mol. The van der Waals surface area contributed by atoms with Crippen LogP contribution in [0, 0.1) is 0 Å². The standard InChI is InChI=1S/C20H17F3N6OS/c1-10-9-28(16-6-5-15(31-16)20(21,22)23)19(30)17-13(8-25-29(10)17)11-3-4-12-14(7-11)27(2)26-18(12)24/h3-8,10H,9H2,1-2H3,(H2,24,26)/t10-/m0/s1. The van der Waals surface area contributed by atoms with Gasteiger partial charge in [-0.05, 0) is 36.8 Å². The number of hydrogen-bond acceptors (Lipinski definition) is 5. The lowest BCUT2D eigenvalue weighted by atomic mass is 10.0. The minimum atomic E-state index is -4.44. The molecule has 4 aromatic rings. The smallest absolute Gasteiger partial charge is 0.382 e.